The molecule has 0 unspecified atom stereocenters. The van der Waals surface area contributed by atoms with Gasteiger partial charge in [-0.1, -0.05) is 24.9 Å². The lowest BCUT2D eigenvalue weighted by molar-refractivity contribution is 0.174. The molecule has 0 bridgehead atoms. The second-order valence-electron chi connectivity index (χ2n) is 4.98. The van der Waals surface area contributed by atoms with E-state index in [4.69, 9.17) is 21.1 Å². The van der Waals surface area contributed by atoms with Crippen molar-refractivity contribution in [3.8, 4) is 11.5 Å². The summed E-state index contributed by atoms with van der Waals surface area (Å²) in [5, 5.41) is 3.85. The van der Waals surface area contributed by atoms with E-state index < -0.39 is 0 Å². The molecule has 0 amide bonds. The Morgan fingerprint density at radius 3 is 3.05 bits per heavy atom. The van der Waals surface area contributed by atoms with Crippen molar-refractivity contribution < 1.29 is 9.47 Å². The summed E-state index contributed by atoms with van der Waals surface area (Å²) in [5.41, 5.74) is 1.86. The van der Waals surface area contributed by atoms with Crippen LogP contribution < -0.4 is 14.8 Å². The summed E-state index contributed by atoms with van der Waals surface area (Å²) in [4.78, 5) is 7.62. The fourth-order valence-electron chi connectivity index (χ4n) is 2.22. The number of anilines is 1. The molecule has 1 aliphatic heterocycles. The Labute approximate surface area is 128 Å². The fourth-order valence-corrected chi connectivity index (χ4v) is 2.43. The number of aromatic nitrogens is 2. The molecule has 112 valence electrons. The topological polar surface area (TPSA) is 59.2 Å². The SMILES string of the molecule is CCCCc1nc(Cl)c(CNc2ccc3c(c2)OCO3)[nH]1. The van der Waals surface area contributed by atoms with Gasteiger partial charge in [-0.3, -0.25) is 0 Å². The minimum absolute atomic E-state index is 0.284. The molecule has 6 heteroatoms. The molecule has 1 aliphatic rings. The van der Waals surface area contributed by atoms with Gasteiger partial charge < -0.3 is 19.8 Å². The zero-order valence-corrected chi connectivity index (χ0v) is 12.7. The first-order valence-corrected chi connectivity index (χ1v) is 7.51. The van der Waals surface area contributed by atoms with Crippen molar-refractivity contribution in [2.24, 2.45) is 0 Å². The predicted molar refractivity (Wildman–Crippen MR) is 82.1 cm³/mol. The molecule has 3 rings (SSSR count). The fraction of sp³-hybridized carbons (Fsp3) is 0.400. The normalized spacial score (nSPS) is 12.7. The number of nitrogens with zero attached hydrogens (tertiary/aromatic N) is 1. The molecule has 0 aliphatic carbocycles. The monoisotopic (exact) mass is 307 g/mol. The lowest BCUT2D eigenvalue weighted by Crippen LogP contribution is -2.00. The van der Waals surface area contributed by atoms with Gasteiger partial charge in [0.15, 0.2) is 16.7 Å². The van der Waals surface area contributed by atoms with Crippen molar-refractivity contribution in [3.63, 3.8) is 0 Å². The van der Waals surface area contributed by atoms with E-state index in [1.54, 1.807) is 0 Å². The van der Waals surface area contributed by atoms with Crippen LogP contribution in [0.1, 0.15) is 31.3 Å². The van der Waals surface area contributed by atoms with Crippen LogP contribution in [0.4, 0.5) is 5.69 Å². The van der Waals surface area contributed by atoms with Crippen molar-refractivity contribution in [1.29, 1.82) is 0 Å². The zero-order valence-electron chi connectivity index (χ0n) is 11.9. The molecule has 0 saturated heterocycles. The van der Waals surface area contributed by atoms with E-state index in [1.165, 1.54) is 0 Å². The van der Waals surface area contributed by atoms with Crippen molar-refractivity contribution >= 4 is 17.3 Å². The number of fused-ring (bicyclic) bond motifs is 1. The van der Waals surface area contributed by atoms with Crippen molar-refractivity contribution in [3.05, 3.63) is 34.9 Å². The summed E-state index contributed by atoms with van der Waals surface area (Å²) in [7, 11) is 0. The van der Waals surface area contributed by atoms with E-state index in [2.05, 4.69) is 22.2 Å². The predicted octanol–water partition coefficient (Wildman–Crippen LogP) is 3.75. The Morgan fingerprint density at radius 1 is 1.33 bits per heavy atom. The van der Waals surface area contributed by atoms with Gasteiger partial charge in [0.25, 0.3) is 0 Å². The number of benzene rings is 1. The minimum atomic E-state index is 0.284. The number of hydrogen-bond acceptors (Lipinski definition) is 4. The van der Waals surface area contributed by atoms with Crippen LogP contribution in [0.5, 0.6) is 11.5 Å². The van der Waals surface area contributed by atoms with E-state index in [0.29, 0.717) is 11.7 Å². The first-order chi connectivity index (χ1) is 10.3. The highest BCUT2D eigenvalue weighted by Gasteiger charge is 2.13. The van der Waals surface area contributed by atoms with Crippen LogP contribution in [-0.4, -0.2) is 16.8 Å². The second kappa shape index (κ2) is 6.26. The number of ether oxygens (including phenoxy) is 2. The number of imidazole rings is 1. The third-order valence-corrected chi connectivity index (χ3v) is 3.70. The van der Waals surface area contributed by atoms with Gasteiger partial charge >= 0.3 is 0 Å². The Bertz CT molecular complexity index is 627. The molecule has 0 fully saturated rings. The van der Waals surface area contributed by atoms with Gasteiger partial charge in [0.2, 0.25) is 6.79 Å². The molecule has 0 atom stereocenters. The molecule has 2 heterocycles. The largest absolute Gasteiger partial charge is 0.454 e. The van der Waals surface area contributed by atoms with Crippen LogP contribution >= 0.6 is 11.6 Å². The Morgan fingerprint density at radius 2 is 2.19 bits per heavy atom. The second-order valence-corrected chi connectivity index (χ2v) is 5.34. The van der Waals surface area contributed by atoms with E-state index >= 15 is 0 Å². The first kappa shape index (κ1) is 14.1. The molecule has 1 aromatic heterocycles. The van der Waals surface area contributed by atoms with Crippen molar-refractivity contribution in [1.82, 2.24) is 9.97 Å². The minimum Gasteiger partial charge on any atom is -0.454 e. The highest BCUT2D eigenvalue weighted by Crippen LogP contribution is 2.34. The number of nitrogens with one attached hydrogen (secondary N) is 2. The third kappa shape index (κ3) is 3.24. The lowest BCUT2D eigenvalue weighted by Gasteiger charge is -2.06. The van der Waals surface area contributed by atoms with Gasteiger partial charge in [0.05, 0.1) is 12.2 Å². The maximum absolute atomic E-state index is 6.16. The van der Waals surface area contributed by atoms with Crippen LogP contribution in [0, 0.1) is 0 Å². The maximum atomic E-state index is 6.16. The molecule has 2 N–H and O–H groups in total. The number of halogens is 1. The lowest BCUT2D eigenvalue weighted by atomic mass is 10.2. The maximum Gasteiger partial charge on any atom is 0.231 e. The number of rotatable bonds is 6. The number of unbranched alkanes of at least 4 members (excludes halogenated alkanes) is 1. The summed E-state index contributed by atoms with van der Waals surface area (Å²) < 4.78 is 10.6. The highest BCUT2D eigenvalue weighted by molar-refractivity contribution is 6.30. The number of aryl methyl sites for hydroxylation is 1. The molecule has 5 nitrogen and oxygen atoms in total. The van der Waals surface area contributed by atoms with Crippen LogP contribution in [0.3, 0.4) is 0 Å². The van der Waals surface area contributed by atoms with Crippen LogP contribution in [0.15, 0.2) is 18.2 Å². The summed E-state index contributed by atoms with van der Waals surface area (Å²) in [6.07, 6.45) is 3.18. The smallest absolute Gasteiger partial charge is 0.231 e. The van der Waals surface area contributed by atoms with Gasteiger partial charge in [-0.25, -0.2) is 4.98 Å². The molecule has 1 aromatic carbocycles. The standard InChI is InChI=1S/C15H18ClN3O2/c1-2-3-4-14-18-11(15(16)19-14)8-17-10-5-6-12-13(7-10)21-9-20-12/h5-7,17H,2-4,8-9H2,1H3,(H,18,19). The Kier molecular flexibility index (Phi) is 4.20. The zero-order chi connectivity index (χ0) is 14.7. The summed E-state index contributed by atoms with van der Waals surface area (Å²) >= 11 is 6.16. The summed E-state index contributed by atoms with van der Waals surface area (Å²) in [6, 6.07) is 5.77. The van der Waals surface area contributed by atoms with Crippen molar-refractivity contribution in [2.45, 2.75) is 32.7 Å². The molecule has 0 saturated carbocycles. The van der Waals surface area contributed by atoms with Gasteiger partial charge in [0, 0.05) is 18.2 Å². The Hall–Kier alpha value is -1.88. The van der Waals surface area contributed by atoms with E-state index in [1.807, 2.05) is 18.2 Å². The Balaban J connectivity index is 1.63. The molecule has 0 radical (unpaired) electrons. The molecular weight excluding hydrogens is 290 g/mol. The molecule has 21 heavy (non-hydrogen) atoms. The number of hydrogen-bond donors (Lipinski definition) is 2. The van der Waals surface area contributed by atoms with Crippen LogP contribution in [0.25, 0.3) is 0 Å². The third-order valence-electron chi connectivity index (χ3n) is 3.39. The first-order valence-electron chi connectivity index (χ1n) is 7.13. The van der Waals surface area contributed by atoms with Crippen LogP contribution in [-0.2, 0) is 13.0 Å². The van der Waals surface area contributed by atoms with E-state index in [-0.39, 0.29) is 6.79 Å². The molecular formula is C15H18ClN3O2. The quantitative estimate of drug-likeness (QED) is 0.853. The van der Waals surface area contributed by atoms with E-state index in [0.717, 1.165) is 48.0 Å². The van der Waals surface area contributed by atoms with Gasteiger partial charge in [-0.05, 0) is 18.6 Å². The summed E-state index contributed by atoms with van der Waals surface area (Å²) in [5.74, 6) is 2.49. The average molecular weight is 308 g/mol. The van der Waals surface area contributed by atoms with Gasteiger partial charge in [0.1, 0.15) is 5.82 Å². The van der Waals surface area contributed by atoms with Crippen LogP contribution in [0.2, 0.25) is 5.15 Å². The van der Waals surface area contributed by atoms with Gasteiger partial charge in [-0.2, -0.15) is 0 Å². The van der Waals surface area contributed by atoms with Crippen molar-refractivity contribution in [2.75, 3.05) is 12.1 Å². The molecule has 2 aromatic rings. The van der Waals surface area contributed by atoms with Gasteiger partial charge in [-0.15, -0.1) is 0 Å². The number of aromatic amines is 1. The van der Waals surface area contributed by atoms with E-state index in [9.17, 15) is 0 Å². The number of H-pyrrole nitrogens is 1. The molecule has 0 spiro atoms. The average Bonchev–Trinajstić information content (AvgIpc) is 3.08. The highest BCUT2D eigenvalue weighted by atomic mass is 35.5. The summed E-state index contributed by atoms with van der Waals surface area (Å²) in [6.45, 7) is 3.04.